The summed E-state index contributed by atoms with van der Waals surface area (Å²) in [5.41, 5.74) is 7.84. The standard InChI is InChI=1S/C30H39N3O4/c1-29(2,3)37-28(36)27(25(35)17-18-26-32-21-24(33-26)16-10-11-19-34)30(31,23-14-8-5-9-15-23)20-22-12-6-4-7-13-22/h4-9,12-15,19,21,25,27,35H,10-11,16-18,20,31H2,1-3H3,(H,32,33)/t25-,27-,30?/m0/s1. The van der Waals surface area contributed by atoms with Crippen molar-refractivity contribution >= 4 is 12.3 Å². The average molecular weight is 506 g/mol. The maximum absolute atomic E-state index is 13.7. The molecule has 4 N–H and O–H groups in total. The molecular weight excluding hydrogens is 466 g/mol. The number of hydrogen-bond acceptors (Lipinski definition) is 6. The molecule has 7 nitrogen and oxygen atoms in total. The number of imidazole rings is 1. The summed E-state index contributed by atoms with van der Waals surface area (Å²) in [7, 11) is 0. The van der Waals surface area contributed by atoms with Crippen LogP contribution in [-0.4, -0.2) is 39.0 Å². The second-order valence-electron chi connectivity index (χ2n) is 10.6. The van der Waals surface area contributed by atoms with Gasteiger partial charge in [0.05, 0.1) is 11.6 Å². The van der Waals surface area contributed by atoms with E-state index in [-0.39, 0.29) is 6.42 Å². The van der Waals surface area contributed by atoms with Crippen LogP contribution in [-0.2, 0) is 39.1 Å². The fourth-order valence-electron chi connectivity index (χ4n) is 4.64. The van der Waals surface area contributed by atoms with Crippen LogP contribution in [0, 0.1) is 5.92 Å². The molecule has 0 saturated carbocycles. The second kappa shape index (κ2) is 12.8. The lowest BCUT2D eigenvalue weighted by Gasteiger charge is -2.40. The number of nitrogens with two attached hydrogens (primary N) is 1. The fraction of sp³-hybridized carbons (Fsp3) is 0.433. The topological polar surface area (TPSA) is 118 Å². The van der Waals surface area contributed by atoms with Crippen LogP contribution in [0.3, 0.4) is 0 Å². The minimum atomic E-state index is -1.21. The molecular formula is C30H39N3O4. The first-order valence-electron chi connectivity index (χ1n) is 12.9. The number of nitrogens with zero attached hydrogens (tertiary/aromatic N) is 1. The molecule has 2 aromatic carbocycles. The van der Waals surface area contributed by atoms with Gasteiger partial charge in [-0.05, 0) is 57.6 Å². The minimum absolute atomic E-state index is 0.270. The van der Waals surface area contributed by atoms with Gasteiger partial charge in [0.1, 0.15) is 23.6 Å². The predicted molar refractivity (Wildman–Crippen MR) is 144 cm³/mol. The van der Waals surface area contributed by atoms with E-state index in [0.29, 0.717) is 25.1 Å². The number of H-pyrrole nitrogens is 1. The Bertz CT molecular complexity index is 1120. The molecule has 198 valence electrons. The van der Waals surface area contributed by atoms with Gasteiger partial charge in [-0.15, -0.1) is 0 Å². The zero-order valence-electron chi connectivity index (χ0n) is 22.0. The van der Waals surface area contributed by atoms with Gasteiger partial charge >= 0.3 is 5.97 Å². The number of carbonyl (C=O) groups excluding carboxylic acids is 2. The Hall–Kier alpha value is -3.29. The summed E-state index contributed by atoms with van der Waals surface area (Å²) < 4.78 is 5.81. The lowest BCUT2D eigenvalue weighted by molar-refractivity contribution is -0.168. The monoisotopic (exact) mass is 505 g/mol. The highest BCUT2D eigenvalue weighted by Crippen LogP contribution is 2.36. The van der Waals surface area contributed by atoms with Crippen molar-refractivity contribution in [1.82, 2.24) is 9.97 Å². The molecule has 1 unspecified atom stereocenters. The van der Waals surface area contributed by atoms with Crippen molar-refractivity contribution in [2.45, 2.75) is 76.5 Å². The number of aryl methyl sites for hydroxylation is 2. The molecule has 3 atom stereocenters. The highest BCUT2D eigenvalue weighted by molar-refractivity contribution is 5.76. The quantitative estimate of drug-likeness (QED) is 0.181. The summed E-state index contributed by atoms with van der Waals surface area (Å²) in [5.74, 6) is -0.832. The number of hydrogen-bond donors (Lipinski definition) is 3. The van der Waals surface area contributed by atoms with Gasteiger partial charge in [-0.25, -0.2) is 4.98 Å². The van der Waals surface area contributed by atoms with Crippen LogP contribution in [0.2, 0.25) is 0 Å². The molecule has 0 amide bonds. The molecule has 7 heteroatoms. The molecule has 1 aromatic heterocycles. The molecule has 0 aliphatic carbocycles. The van der Waals surface area contributed by atoms with Crippen LogP contribution in [0.25, 0.3) is 0 Å². The van der Waals surface area contributed by atoms with Crippen LogP contribution in [0.5, 0.6) is 0 Å². The van der Waals surface area contributed by atoms with Crippen LogP contribution in [0.15, 0.2) is 66.9 Å². The molecule has 0 bridgehead atoms. The summed E-state index contributed by atoms with van der Waals surface area (Å²) in [5, 5.41) is 11.5. The van der Waals surface area contributed by atoms with E-state index in [9.17, 15) is 14.7 Å². The lowest BCUT2D eigenvalue weighted by atomic mass is 9.71. The molecule has 0 aliphatic rings. The van der Waals surface area contributed by atoms with Crippen LogP contribution >= 0.6 is 0 Å². The van der Waals surface area contributed by atoms with E-state index in [1.54, 1.807) is 27.0 Å². The summed E-state index contributed by atoms with van der Waals surface area (Å²) in [6.07, 6.45) is 4.62. The third kappa shape index (κ3) is 8.10. The molecule has 0 spiro atoms. The first-order valence-corrected chi connectivity index (χ1v) is 12.9. The number of carbonyl (C=O) groups is 2. The van der Waals surface area contributed by atoms with Gasteiger partial charge in [-0.1, -0.05) is 60.7 Å². The number of rotatable bonds is 13. The van der Waals surface area contributed by atoms with Crippen molar-refractivity contribution in [2.75, 3.05) is 0 Å². The zero-order chi connectivity index (χ0) is 26.9. The molecule has 1 heterocycles. The van der Waals surface area contributed by atoms with E-state index in [2.05, 4.69) is 9.97 Å². The van der Waals surface area contributed by atoms with Gasteiger partial charge in [0, 0.05) is 24.7 Å². The zero-order valence-corrected chi connectivity index (χ0v) is 22.0. The largest absolute Gasteiger partial charge is 0.460 e. The summed E-state index contributed by atoms with van der Waals surface area (Å²) in [6, 6.07) is 19.2. The van der Waals surface area contributed by atoms with Gasteiger partial charge in [-0.2, -0.15) is 0 Å². The SMILES string of the molecule is CC(C)(C)OC(=O)[C@H]([C@@H](O)CCc1ncc(CCCC=O)[nH]1)C(N)(Cc1ccccc1)c1ccccc1. The Morgan fingerprint density at radius 1 is 1.08 bits per heavy atom. The molecule has 0 radical (unpaired) electrons. The predicted octanol–water partition coefficient (Wildman–Crippen LogP) is 4.28. The van der Waals surface area contributed by atoms with E-state index < -0.39 is 29.1 Å². The van der Waals surface area contributed by atoms with Crippen molar-refractivity contribution in [2.24, 2.45) is 11.7 Å². The number of unbranched alkanes of at least 4 members (excludes halogenated alkanes) is 1. The Labute approximate surface area is 219 Å². The van der Waals surface area contributed by atoms with E-state index in [1.807, 2.05) is 60.7 Å². The molecule has 0 aliphatic heterocycles. The molecule has 3 aromatic rings. The number of aldehydes is 1. The first-order chi connectivity index (χ1) is 17.6. The van der Waals surface area contributed by atoms with Crippen LogP contribution in [0.1, 0.15) is 62.7 Å². The second-order valence-corrected chi connectivity index (χ2v) is 10.6. The maximum Gasteiger partial charge on any atom is 0.314 e. The summed E-state index contributed by atoms with van der Waals surface area (Å²) in [6.45, 7) is 5.42. The van der Waals surface area contributed by atoms with Crippen LogP contribution in [0.4, 0.5) is 0 Å². The fourth-order valence-corrected chi connectivity index (χ4v) is 4.64. The molecule has 0 fully saturated rings. The van der Waals surface area contributed by atoms with Crippen molar-refractivity contribution in [3.63, 3.8) is 0 Å². The number of aliphatic hydroxyl groups is 1. The number of benzene rings is 2. The lowest BCUT2D eigenvalue weighted by Crippen LogP contribution is -2.55. The minimum Gasteiger partial charge on any atom is -0.460 e. The van der Waals surface area contributed by atoms with Crippen LogP contribution < -0.4 is 5.73 Å². The van der Waals surface area contributed by atoms with Gasteiger partial charge in [0.15, 0.2) is 0 Å². The number of nitrogens with one attached hydrogen (secondary N) is 1. The van der Waals surface area contributed by atoms with Crippen molar-refractivity contribution in [3.05, 3.63) is 89.5 Å². The Morgan fingerprint density at radius 3 is 2.35 bits per heavy atom. The Morgan fingerprint density at radius 2 is 1.73 bits per heavy atom. The van der Waals surface area contributed by atoms with Crippen molar-refractivity contribution in [3.8, 4) is 0 Å². The highest BCUT2D eigenvalue weighted by atomic mass is 16.6. The Balaban J connectivity index is 1.90. The van der Waals surface area contributed by atoms with Crippen molar-refractivity contribution in [1.29, 1.82) is 0 Å². The number of aromatic amines is 1. The number of aromatic nitrogens is 2. The van der Waals surface area contributed by atoms with E-state index in [0.717, 1.165) is 35.9 Å². The van der Waals surface area contributed by atoms with Gasteiger partial charge in [-0.3, -0.25) is 4.79 Å². The van der Waals surface area contributed by atoms with E-state index in [4.69, 9.17) is 10.5 Å². The third-order valence-electron chi connectivity index (χ3n) is 6.38. The Kier molecular flexibility index (Phi) is 9.78. The summed E-state index contributed by atoms with van der Waals surface area (Å²) in [4.78, 5) is 31.9. The van der Waals surface area contributed by atoms with Crippen molar-refractivity contribution < 1.29 is 19.4 Å². The van der Waals surface area contributed by atoms with Gasteiger partial charge < -0.3 is 25.4 Å². The molecule has 0 saturated heterocycles. The highest BCUT2D eigenvalue weighted by Gasteiger charge is 2.47. The summed E-state index contributed by atoms with van der Waals surface area (Å²) >= 11 is 0. The molecule has 37 heavy (non-hydrogen) atoms. The number of esters is 1. The van der Waals surface area contributed by atoms with Gasteiger partial charge in [0.25, 0.3) is 0 Å². The molecule has 3 rings (SSSR count). The smallest absolute Gasteiger partial charge is 0.314 e. The van der Waals surface area contributed by atoms with E-state index in [1.165, 1.54) is 0 Å². The number of ether oxygens (including phenoxy) is 1. The maximum atomic E-state index is 13.7. The van der Waals surface area contributed by atoms with E-state index >= 15 is 0 Å². The van der Waals surface area contributed by atoms with Gasteiger partial charge in [0.2, 0.25) is 0 Å². The number of aliphatic hydroxyl groups excluding tert-OH is 1. The first kappa shape index (κ1) is 28.3. The average Bonchev–Trinajstić information content (AvgIpc) is 3.31. The normalized spacial score (nSPS) is 14.9. The third-order valence-corrected chi connectivity index (χ3v) is 6.38.